The van der Waals surface area contributed by atoms with E-state index in [0.29, 0.717) is 0 Å². The van der Waals surface area contributed by atoms with E-state index in [2.05, 4.69) is 39.0 Å². The van der Waals surface area contributed by atoms with Crippen LogP contribution in [0.1, 0.15) is 52.4 Å². The normalized spacial score (nSPS) is 14.9. The first kappa shape index (κ1) is 14.3. The quantitative estimate of drug-likeness (QED) is 0.491. The lowest BCUT2D eigenvalue weighted by molar-refractivity contribution is 0.483. The standard InChI is InChI=1S/C8H16.C6H11N/c1-4-5-6-7-8(2)3;1-6-4-3-5-7(6)2/h2,4-7H2,1,3H3;1,3-5H2,2H3. The van der Waals surface area contributed by atoms with E-state index in [1.54, 1.807) is 0 Å². The SMILES string of the molecule is C=C(C)CCCCC.C=C1CCCN1C. The van der Waals surface area contributed by atoms with Crippen LogP contribution in [0, 0.1) is 0 Å². The Morgan fingerprint density at radius 1 is 1.40 bits per heavy atom. The van der Waals surface area contributed by atoms with Gasteiger partial charge in [0, 0.05) is 19.3 Å². The van der Waals surface area contributed by atoms with Gasteiger partial charge in [-0.15, -0.1) is 6.58 Å². The van der Waals surface area contributed by atoms with Gasteiger partial charge in [-0.05, 0) is 32.6 Å². The Hall–Kier alpha value is -0.720. The van der Waals surface area contributed by atoms with Gasteiger partial charge in [-0.1, -0.05) is 31.9 Å². The van der Waals surface area contributed by atoms with Crippen LogP contribution in [-0.2, 0) is 0 Å². The van der Waals surface area contributed by atoms with Crippen molar-refractivity contribution in [3.63, 3.8) is 0 Å². The van der Waals surface area contributed by atoms with Gasteiger partial charge in [0.15, 0.2) is 0 Å². The lowest BCUT2D eigenvalue weighted by atomic mass is 10.1. The van der Waals surface area contributed by atoms with Crippen molar-refractivity contribution in [2.24, 2.45) is 0 Å². The Kier molecular flexibility index (Phi) is 8.17. The molecule has 88 valence electrons. The molecule has 0 bridgehead atoms. The predicted molar refractivity (Wildman–Crippen MR) is 70.0 cm³/mol. The number of nitrogens with zero attached hydrogens (tertiary/aromatic N) is 1. The molecule has 0 N–H and O–H groups in total. The van der Waals surface area contributed by atoms with Crippen molar-refractivity contribution < 1.29 is 0 Å². The Morgan fingerprint density at radius 3 is 2.33 bits per heavy atom. The van der Waals surface area contributed by atoms with Gasteiger partial charge < -0.3 is 4.90 Å². The molecule has 0 aliphatic carbocycles. The van der Waals surface area contributed by atoms with Crippen molar-refractivity contribution in [3.05, 3.63) is 24.4 Å². The molecule has 1 rings (SSSR count). The third-order valence-corrected chi connectivity index (χ3v) is 2.71. The fraction of sp³-hybridized carbons (Fsp3) is 0.714. The maximum Gasteiger partial charge on any atom is 0.0175 e. The summed E-state index contributed by atoms with van der Waals surface area (Å²) in [4.78, 5) is 2.21. The molecule has 0 aromatic heterocycles. The lowest BCUT2D eigenvalue weighted by Crippen LogP contribution is -2.08. The summed E-state index contributed by atoms with van der Waals surface area (Å²) in [6.07, 6.45) is 7.71. The van der Waals surface area contributed by atoms with Crippen molar-refractivity contribution >= 4 is 0 Å². The van der Waals surface area contributed by atoms with Gasteiger partial charge >= 0.3 is 0 Å². The summed E-state index contributed by atoms with van der Waals surface area (Å²) < 4.78 is 0. The number of rotatable bonds is 4. The largest absolute Gasteiger partial charge is 0.378 e. The van der Waals surface area contributed by atoms with Crippen LogP contribution < -0.4 is 0 Å². The molecule has 1 aliphatic rings. The highest BCUT2D eigenvalue weighted by Gasteiger charge is 2.07. The summed E-state index contributed by atoms with van der Waals surface area (Å²) in [6.45, 7) is 13.2. The molecule has 1 heterocycles. The van der Waals surface area contributed by atoms with Gasteiger partial charge in [0.25, 0.3) is 0 Å². The van der Waals surface area contributed by atoms with Crippen molar-refractivity contribution in [2.45, 2.75) is 52.4 Å². The van der Waals surface area contributed by atoms with E-state index in [4.69, 9.17) is 0 Å². The molecule has 0 radical (unpaired) electrons. The molecule has 1 fully saturated rings. The molecular weight excluding hydrogens is 182 g/mol. The number of unbranched alkanes of at least 4 members (excludes halogenated alkanes) is 2. The van der Waals surface area contributed by atoms with E-state index in [9.17, 15) is 0 Å². The first-order valence-electron chi connectivity index (χ1n) is 6.11. The fourth-order valence-electron chi connectivity index (χ4n) is 1.55. The zero-order valence-corrected chi connectivity index (χ0v) is 10.8. The average Bonchev–Trinajstić information content (AvgIpc) is 2.52. The first-order chi connectivity index (χ1) is 7.07. The zero-order chi connectivity index (χ0) is 11.7. The van der Waals surface area contributed by atoms with E-state index in [-0.39, 0.29) is 0 Å². The Balaban J connectivity index is 0.000000262. The van der Waals surface area contributed by atoms with Gasteiger partial charge in [-0.3, -0.25) is 0 Å². The molecular formula is C14H27N. The number of allylic oxidation sites excluding steroid dienone is 2. The molecule has 0 aromatic carbocycles. The summed E-state index contributed by atoms with van der Waals surface area (Å²) in [5.41, 5.74) is 2.61. The third-order valence-electron chi connectivity index (χ3n) is 2.71. The maximum absolute atomic E-state index is 3.86. The highest BCUT2D eigenvalue weighted by atomic mass is 15.1. The van der Waals surface area contributed by atoms with Crippen LogP contribution in [-0.4, -0.2) is 18.5 Å². The molecule has 1 heteroatoms. The molecule has 1 nitrogen and oxygen atoms in total. The van der Waals surface area contributed by atoms with Gasteiger partial charge in [0.05, 0.1) is 0 Å². The second kappa shape index (κ2) is 8.58. The minimum absolute atomic E-state index is 1.20. The molecule has 0 saturated carbocycles. The van der Waals surface area contributed by atoms with E-state index in [1.807, 2.05) is 0 Å². The molecule has 0 amide bonds. The van der Waals surface area contributed by atoms with Crippen LogP contribution >= 0.6 is 0 Å². The maximum atomic E-state index is 3.86. The van der Waals surface area contributed by atoms with Gasteiger partial charge in [-0.25, -0.2) is 0 Å². The second-order valence-electron chi connectivity index (χ2n) is 4.51. The van der Waals surface area contributed by atoms with Crippen LogP contribution in [0.3, 0.4) is 0 Å². The minimum atomic E-state index is 1.20. The van der Waals surface area contributed by atoms with Gasteiger partial charge in [0.2, 0.25) is 0 Å². The summed E-state index contributed by atoms with van der Waals surface area (Å²) >= 11 is 0. The second-order valence-corrected chi connectivity index (χ2v) is 4.51. The average molecular weight is 209 g/mol. The molecule has 0 spiro atoms. The Morgan fingerprint density at radius 2 is 2.07 bits per heavy atom. The zero-order valence-electron chi connectivity index (χ0n) is 10.8. The number of hydrogen-bond donors (Lipinski definition) is 0. The topological polar surface area (TPSA) is 3.24 Å². The predicted octanol–water partition coefficient (Wildman–Crippen LogP) is 4.37. The smallest absolute Gasteiger partial charge is 0.0175 e. The molecule has 1 aliphatic heterocycles. The Labute approximate surface area is 95.9 Å². The first-order valence-corrected chi connectivity index (χ1v) is 6.11. The van der Waals surface area contributed by atoms with E-state index < -0.39 is 0 Å². The van der Waals surface area contributed by atoms with Crippen LogP contribution in [0.5, 0.6) is 0 Å². The van der Waals surface area contributed by atoms with E-state index >= 15 is 0 Å². The van der Waals surface area contributed by atoms with Gasteiger partial charge in [0.1, 0.15) is 0 Å². The monoisotopic (exact) mass is 209 g/mol. The van der Waals surface area contributed by atoms with Crippen molar-refractivity contribution in [1.29, 1.82) is 0 Å². The summed E-state index contributed by atoms with van der Waals surface area (Å²) in [6, 6.07) is 0. The number of likely N-dealkylation sites (tertiary alicyclic amines) is 1. The summed E-state index contributed by atoms with van der Waals surface area (Å²) in [7, 11) is 2.09. The lowest BCUT2D eigenvalue weighted by Gasteiger charge is -2.08. The minimum Gasteiger partial charge on any atom is -0.378 e. The summed E-state index contributed by atoms with van der Waals surface area (Å²) in [5.74, 6) is 0. The van der Waals surface area contributed by atoms with Crippen LogP contribution in [0.4, 0.5) is 0 Å². The third kappa shape index (κ3) is 8.29. The highest BCUT2D eigenvalue weighted by molar-refractivity contribution is 4.97. The van der Waals surface area contributed by atoms with Crippen molar-refractivity contribution in [3.8, 4) is 0 Å². The Bertz CT molecular complexity index is 194. The number of hydrogen-bond acceptors (Lipinski definition) is 1. The highest BCUT2D eigenvalue weighted by Crippen LogP contribution is 2.15. The van der Waals surface area contributed by atoms with Crippen LogP contribution in [0.2, 0.25) is 0 Å². The molecule has 0 unspecified atom stereocenters. The molecule has 1 saturated heterocycles. The van der Waals surface area contributed by atoms with Crippen LogP contribution in [0.25, 0.3) is 0 Å². The fourth-order valence-corrected chi connectivity index (χ4v) is 1.55. The molecule has 15 heavy (non-hydrogen) atoms. The van der Waals surface area contributed by atoms with Crippen molar-refractivity contribution in [1.82, 2.24) is 4.90 Å². The van der Waals surface area contributed by atoms with E-state index in [0.717, 1.165) is 0 Å². The van der Waals surface area contributed by atoms with E-state index in [1.165, 1.54) is 56.3 Å². The summed E-state index contributed by atoms with van der Waals surface area (Å²) in [5, 5.41) is 0. The molecule has 0 atom stereocenters. The molecule has 0 aromatic rings. The van der Waals surface area contributed by atoms with Crippen molar-refractivity contribution in [2.75, 3.05) is 13.6 Å². The van der Waals surface area contributed by atoms with Gasteiger partial charge in [-0.2, -0.15) is 0 Å². The van der Waals surface area contributed by atoms with Crippen LogP contribution in [0.15, 0.2) is 24.4 Å².